The second-order valence-corrected chi connectivity index (χ2v) is 12.2. The van der Waals surface area contributed by atoms with Crippen molar-refractivity contribution in [3.05, 3.63) is 63.5 Å². The number of carbonyl (C=O) groups excluding carboxylic acids is 1. The molecule has 3 rings (SSSR count). The molecule has 0 radical (unpaired) electrons. The Morgan fingerprint density at radius 3 is 2.22 bits per heavy atom. The Hall–Kier alpha value is -2.03. The molecule has 0 spiro atoms. The predicted molar refractivity (Wildman–Crippen MR) is 138 cm³/mol. The molecule has 0 unspecified atom stereocenters. The Kier molecular flexibility index (Phi) is 8.84. The fourth-order valence-electron chi connectivity index (χ4n) is 3.29. The van der Waals surface area contributed by atoms with Crippen molar-refractivity contribution in [1.82, 2.24) is 0 Å². The van der Waals surface area contributed by atoms with Crippen LogP contribution in [0.4, 0.5) is 8.78 Å². The second-order valence-electron chi connectivity index (χ2n) is 8.75. The summed E-state index contributed by atoms with van der Waals surface area (Å²) in [5.74, 6) is -0.507. The predicted octanol–water partition coefficient (Wildman–Crippen LogP) is 8.40. The highest BCUT2D eigenvalue weighted by atomic mass is 35.5. The zero-order valence-corrected chi connectivity index (χ0v) is 23.1. The summed E-state index contributed by atoms with van der Waals surface area (Å²) in [6.45, 7) is 7.65. The largest absolute Gasteiger partial charge is 0.487 e. The molecule has 0 fully saturated rings. The molecule has 0 bridgehead atoms. The fraction of sp³-hybridized carbons (Fsp3) is 0.400. The van der Waals surface area contributed by atoms with Crippen molar-refractivity contribution in [2.24, 2.45) is 0 Å². The Balaban J connectivity index is 2.17. The van der Waals surface area contributed by atoms with Gasteiger partial charge in [0.15, 0.2) is 0 Å². The molecule has 36 heavy (non-hydrogen) atoms. The minimum absolute atomic E-state index is 0.0767. The number of thiophene rings is 1. The fourth-order valence-corrected chi connectivity index (χ4v) is 6.73. The summed E-state index contributed by atoms with van der Waals surface area (Å²) in [5, 5.41) is -0.225. The third-order valence-electron chi connectivity index (χ3n) is 4.78. The van der Waals surface area contributed by atoms with E-state index in [1.165, 1.54) is 26.0 Å². The normalized spacial score (nSPS) is 12.7. The lowest BCUT2D eigenvalue weighted by molar-refractivity contribution is 0.00692. The first-order valence-corrected chi connectivity index (χ1v) is 14.0. The summed E-state index contributed by atoms with van der Waals surface area (Å²) < 4.78 is 65.8. The van der Waals surface area contributed by atoms with E-state index in [9.17, 15) is 9.36 Å². The first kappa shape index (κ1) is 28.5. The van der Waals surface area contributed by atoms with Crippen LogP contribution in [0.5, 0.6) is 5.75 Å². The average molecular weight is 561 g/mol. The lowest BCUT2D eigenvalue weighted by Gasteiger charge is -2.25. The molecule has 0 saturated carbocycles. The van der Waals surface area contributed by atoms with Crippen LogP contribution in [0.1, 0.15) is 55.4 Å². The van der Waals surface area contributed by atoms with E-state index in [1.54, 1.807) is 20.8 Å². The zero-order chi connectivity index (χ0) is 26.7. The van der Waals surface area contributed by atoms with E-state index in [4.69, 9.17) is 30.1 Å². The summed E-state index contributed by atoms with van der Waals surface area (Å²) in [5.41, 5.74) is -3.91. The number of ether oxygens (including phenoxy) is 2. The van der Waals surface area contributed by atoms with Gasteiger partial charge in [0.25, 0.3) is 0 Å². The van der Waals surface area contributed by atoms with Gasteiger partial charge in [0, 0.05) is 5.39 Å². The van der Waals surface area contributed by atoms with Gasteiger partial charge in [-0.3, -0.25) is 4.57 Å². The van der Waals surface area contributed by atoms with Crippen molar-refractivity contribution in [1.29, 1.82) is 0 Å². The molecule has 0 atom stereocenters. The number of halogens is 3. The number of hydrogen-bond acceptors (Lipinski definition) is 7. The van der Waals surface area contributed by atoms with Crippen molar-refractivity contribution in [3.63, 3.8) is 0 Å². The third kappa shape index (κ3) is 6.09. The minimum Gasteiger partial charge on any atom is -0.487 e. The van der Waals surface area contributed by atoms with Crippen LogP contribution in [-0.4, -0.2) is 24.8 Å². The number of fused-ring (bicyclic) bond motifs is 1. The van der Waals surface area contributed by atoms with Crippen LogP contribution in [0.15, 0.2) is 42.5 Å². The maximum absolute atomic E-state index is 15.6. The molecule has 0 aliphatic heterocycles. The van der Waals surface area contributed by atoms with Crippen molar-refractivity contribution in [2.45, 2.75) is 52.5 Å². The first-order valence-electron chi connectivity index (χ1n) is 11.3. The third-order valence-corrected chi connectivity index (χ3v) is 8.84. The molecule has 1 aromatic heterocycles. The molecule has 11 heteroatoms. The maximum atomic E-state index is 15.6. The molecule has 3 aromatic rings. The van der Waals surface area contributed by atoms with Crippen molar-refractivity contribution < 1.29 is 36.7 Å². The highest BCUT2D eigenvalue weighted by molar-refractivity contribution is 7.55. The van der Waals surface area contributed by atoms with Gasteiger partial charge >= 0.3 is 19.2 Å². The van der Waals surface area contributed by atoms with Crippen LogP contribution < -0.4 is 4.74 Å². The van der Waals surface area contributed by atoms with E-state index >= 15 is 8.78 Å². The number of carbonyl (C=O) groups is 1. The van der Waals surface area contributed by atoms with E-state index in [0.29, 0.717) is 11.3 Å². The monoisotopic (exact) mass is 560 g/mol. The number of alkyl halides is 2. The topological polar surface area (TPSA) is 71.1 Å². The highest BCUT2D eigenvalue weighted by Crippen LogP contribution is 2.69. The van der Waals surface area contributed by atoms with Gasteiger partial charge in [0.1, 0.15) is 22.8 Å². The van der Waals surface area contributed by atoms with Crippen LogP contribution in [-0.2, 0) is 30.6 Å². The van der Waals surface area contributed by atoms with Crippen LogP contribution in [0.2, 0.25) is 5.02 Å². The van der Waals surface area contributed by atoms with E-state index < -0.39 is 29.7 Å². The van der Waals surface area contributed by atoms with Crippen molar-refractivity contribution in [2.75, 3.05) is 13.2 Å². The average Bonchev–Trinajstić information content (AvgIpc) is 3.14. The molecule has 0 aliphatic rings. The van der Waals surface area contributed by atoms with Gasteiger partial charge in [-0.2, -0.15) is 8.78 Å². The first-order chi connectivity index (χ1) is 16.8. The van der Waals surface area contributed by atoms with Gasteiger partial charge in [0.05, 0.1) is 28.5 Å². The lowest BCUT2D eigenvalue weighted by atomic mass is 10.1. The summed E-state index contributed by atoms with van der Waals surface area (Å²) >= 11 is 7.05. The molecule has 0 saturated heterocycles. The molecule has 2 aromatic carbocycles. The quantitative estimate of drug-likeness (QED) is 0.183. The smallest absolute Gasteiger partial charge is 0.405 e. The number of esters is 1. The SMILES string of the molecule is CCOP(=O)(OCC)C(F)(F)c1sc2c(OCc3ccccc3)cc(C(=O)OC(C)(C)C)cc2c1Cl. The summed E-state index contributed by atoms with van der Waals surface area (Å²) in [7, 11) is -4.90. The minimum atomic E-state index is -4.90. The van der Waals surface area contributed by atoms with Crippen molar-refractivity contribution >= 4 is 46.6 Å². The van der Waals surface area contributed by atoms with Gasteiger partial charge in [-0.05, 0) is 52.3 Å². The Bertz CT molecular complexity index is 1260. The van der Waals surface area contributed by atoms with Gasteiger partial charge < -0.3 is 18.5 Å². The van der Waals surface area contributed by atoms with Crippen LogP contribution in [0.25, 0.3) is 10.1 Å². The van der Waals surface area contributed by atoms with E-state index in [0.717, 1.165) is 5.56 Å². The standard InChI is InChI=1S/C25H28ClF2O6PS/c1-6-32-35(30,33-7-2)25(27,28)22-20(26)18-13-17(23(29)34-24(3,4)5)14-19(21(18)36-22)31-15-16-11-9-8-10-12-16/h8-14H,6-7,15H2,1-5H3. The molecular formula is C25H28ClF2O6PS. The Morgan fingerprint density at radius 2 is 1.67 bits per heavy atom. The number of rotatable bonds is 10. The molecular weight excluding hydrogens is 533 g/mol. The van der Waals surface area contributed by atoms with Crippen molar-refractivity contribution in [3.8, 4) is 5.75 Å². The summed E-state index contributed by atoms with van der Waals surface area (Å²) in [6.07, 6.45) is 0. The van der Waals surface area contributed by atoms with E-state index in [-0.39, 0.29) is 46.2 Å². The molecule has 0 amide bonds. The second kappa shape index (κ2) is 11.2. The molecule has 196 valence electrons. The molecule has 0 N–H and O–H groups in total. The number of hydrogen-bond donors (Lipinski definition) is 0. The highest BCUT2D eigenvalue weighted by Gasteiger charge is 2.57. The molecule has 0 aliphatic carbocycles. The molecule has 1 heterocycles. The van der Waals surface area contributed by atoms with Gasteiger partial charge in [-0.25, -0.2) is 4.79 Å². The maximum Gasteiger partial charge on any atom is 0.405 e. The van der Waals surface area contributed by atoms with E-state index in [2.05, 4.69) is 0 Å². The summed E-state index contributed by atoms with van der Waals surface area (Å²) in [6, 6.07) is 12.0. The van der Waals surface area contributed by atoms with Crippen LogP contribution in [0.3, 0.4) is 0 Å². The number of benzene rings is 2. The van der Waals surface area contributed by atoms with Gasteiger partial charge in [-0.15, -0.1) is 11.3 Å². The lowest BCUT2D eigenvalue weighted by Crippen LogP contribution is -2.23. The van der Waals surface area contributed by atoms with E-state index in [1.807, 2.05) is 30.3 Å². The molecule has 6 nitrogen and oxygen atoms in total. The zero-order valence-electron chi connectivity index (χ0n) is 20.6. The van der Waals surface area contributed by atoms with Crippen LogP contribution in [0, 0.1) is 0 Å². The Morgan fingerprint density at radius 1 is 1.06 bits per heavy atom. The van der Waals surface area contributed by atoms with Crippen LogP contribution >= 0.6 is 30.5 Å². The Labute approximate surface area is 218 Å². The summed E-state index contributed by atoms with van der Waals surface area (Å²) in [4.78, 5) is 12.1. The van der Waals surface area contributed by atoms with Gasteiger partial charge in [-0.1, -0.05) is 41.9 Å². The van der Waals surface area contributed by atoms with Gasteiger partial charge in [0.2, 0.25) is 0 Å².